The maximum atomic E-state index is 5.36. The number of nitrogens with zero attached hydrogens (tertiary/aromatic N) is 1. The monoisotopic (exact) mass is 253 g/mol. The average Bonchev–Trinajstić information content (AvgIpc) is 2.91. The van der Waals surface area contributed by atoms with Crippen LogP contribution in [0.15, 0.2) is 54.9 Å². The SMILES string of the molecule is S=C(Nc1ncc[nH]1)c1ccc2ccccc2c1. The third kappa shape index (κ3) is 2.10. The number of thiocarbonyl (C=S) groups is 1. The zero-order chi connectivity index (χ0) is 12.4. The number of fused-ring (bicyclic) bond motifs is 1. The lowest BCUT2D eigenvalue weighted by molar-refractivity contribution is 1.31. The zero-order valence-electron chi connectivity index (χ0n) is 9.55. The third-order valence-corrected chi connectivity index (χ3v) is 3.08. The van der Waals surface area contributed by atoms with E-state index < -0.39 is 0 Å². The van der Waals surface area contributed by atoms with Crippen LogP contribution in [-0.2, 0) is 0 Å². The summed E-state index contributed by atoms with van der Waals surface area (Å²) in [4.78, 5) is 7.72. The molecule has 3 nitrogen and oxygen atoms in total. The molecule has 0 fully saturated rings. The maximum absolute atomic E-state index is 5.36. The van der Waals surface area contributed by atoms with Crippen LogP contribution in [0.25, 0.3) is 10.8 Å². The second kappa shape index (κ2) is 4.58. The minimum absolute atomic E-state index is 0.660. The van der Waals surface area contributed by atoms with Gasteiger partial charge in [0.1, 0.15) is 4.99 Å². The van der Waals surface area contributed by atoms with Crippen LogP contribution in [0.2, 0.25) is 0 Å². The van der Waals surface area contributed by atoms with Crippen LogP contribution in [0.4, 0.5) is 5.95 Å². The van der Waals surface area contributed by atoms with E-state index in [4.69, 9.17) is 12.2 Å². The lowest BCUT2D eigenvalue weighted by atomic mass is 10.1. The van der Waals surface area contributed by atoms with Crippen molar-refractivity contribution < 1.29 is 0 Å². The van der Waals surface area contributed by atoms with Crippen molar-refractivity contribution in [1.29, 1.82) is 0 Å². The van der Waals surface area contributed by atoms with Crippen molar-refractivity contribution in [2.45, 2.75) is 0 Å². The van der Waals surface area contributed by atoms with Crippen molar-refractivity contribution >= 4 is 33.9 Å². The number of rotatable bonds is 2. The van der Waals surface area contributed by atoms with E-state index in [0.717, 1.165) is 5.56 Å². The number of aromatic nitrogens is 2. The summed E-state index contributed by atoms with van der Waals surface area (Å²) in [6, 6.07) is 14.4. The Morgan fingerprint density at radius 3 is 2.72 bits per heavy atom. The first-order valence-electron chi connectivity index (χ1n) is 5.62. The quantitative estimate of drug-likeness (QED) is 0.688. The predicted molar refractivity (Wildman–Crippen MR) is 77.9 cm³/mol. The number of hydrogen-bond acceptors (Lipinski definition) is 2. The van der Waals surface area contributed by atoms with Gasteiger partial charge in [-0.25, -0.2) is 4.98 Å². The molecule has 1 heterocycles. The normalized spacial score (nSPS) is 10.4. The van der Waals surface area contributed by atoms with Crippen LogP contribution in [0.5, 0.6) is 0 Å². The van der Waals surface area contributed by atoms with Crippen LogP contribution in [0, 0.1) is 0 Å². The molecule has 0 spiro atoms. The number of imidazole rings is 1. The fourth-order valence-corrected chi connectivity index (χ4v) is 2.07. The van der Waals surface area contributed by atoms with Gasteiger partial charge in [0, 0.05) is 18.0 Å². The van der Waals surface area contributed by atoms with Gasteiger partial charge in [0.25, 0.3) is 0 Å². The Labute approximate surface area is 110 Å². The summed E-state index contributed by atoms with van der Waals surface area (Å²) < 4.78 is 0. The fourth-order valence-electron chi connectivity index (χ4n) is 1.84. The van der Waals surface area contributed by atoms with Gasteiger partial charge < -0.3 is 10.3 Å². The predicted octanol–water partition coefficient (Wildman–Crippen LogP) is 3.35. The highest BCUT2D eigenvalue weighted by Gasteiger charge is 2.03. The molecule has 4 heteroatoms. The van der Waals surface area contributed by atoms with Crippen LogP contribution in [0.1, 0.15) is 5.56 Å². The van der Waals surface area contributed by atoms with E-state index in [9.17, 15) is 0 Å². The highest BCUT2D eigenvalue weighted by Crippen LogP contribution is 2.16. The van der Waals surface area contributed by atoms with Crippen molar-refractivity contribution in [3.63, 3.8) is 0 Å². The maximum Gasteiger partial charge on any atom is 0.205 e. The molecule has 0 unspecified atom stereocenters. The zero-order valence-corrected chi connectivity index (χ0v) is 10.4. The largest absolute Gasteiger partial charge is 0.331 e. The highest BCUT2D eigenvalue weighted by molar-refractivity contribution is 7.81. The molecule has 0 radical (unpaired) electrons. The van der Waals surface area contributed by atoms with Gasteiger partial charge in [0.2, 0.25) is 5.95 Å². The van der Waals surface area contributed by atoms with Gasteiger partial charge in [0.15, 0.2) is 0 Å². The molecule has 2 aromatic carbocycles. The summed E-state index contributed by atoms with van der Waals surface area (Å²) in [5.41, 5.74) is 0.986. The van der Waals surface area contributed by atoms with E-state index >= 15 is 0 Å². The molecule has 18 heavy (non-hydrogen) atoms. The van der Waals surface area contributed by atoms with Crippen LogP contribution < -0.4 is 5.32 Å². The first-order valence-corrected chi connectivity index (χ1v) is 6.03. The standard InChI is InChI=1S/C14H11N3S/c18-13(17-14-15-7-8-16-14)12-6-5-10-3-1-2-4-11(10)9-12/h1-9H,(H2,15,16,17,18). The minimum Gasteiger partial charge on any atom is -0.331 e. The summed E-state index contributed by atoms with van der Waals surface area (Å²) in [6.45, 7) is 0. The molecule has 0 bridgehead atoms. The summed E-state index contributed by atoms with van der Waals surface area (Å²) >= 11 is 5.36. The molecule has 3 aromatic rings. The Balaban J connectivity index is 1.92. The second-order valence-corrected chi connectivity index (χ2v) is 4.36. The highest BCUT2D eigenvalue weighted by atomic mass is 32.1. The first-order chi connectivity index (χ1) is 8.83. The van der Waals surface area contributed by atoms with Crippen molar-refractivity contribution in [3.05, 3.63) is 60.4 Å². The Morgan fingerprint density at radius 1 is 1.11 bits per heavy atom. The number of hydrogen-bond donors (Lipinski definition) is 2. The van der Waals surface area contributed by atoms with E-state index in [1.165, 1.54) is 10.8 Å². The summed E-state index contributed by atoms with van der Waals surface area (Å²) in [5.74, 6) is 0.660. The van der Waals surface area contributed by atoms with Crippen LogP contribution >= 0.6 is 12.2 Å². The molecule has 0 aliphatic rings. The Morgan fingerprint density at radius 2 is 1.94 bits per heavy atom. The molecular formula is C14H11N3S. The first kappa shape index (κ1) is 10.9. The smallest absolute Gasteiger partial charge is 0.205 e. The molecule has 1 aromatic heterocycles. The topological polar surface area (TPSA) is 40.7 Å². The van der Waals surface area contributed by atoms with Gasteiger partial charge in [-0.3, -0.25) is 0 Å². The van der Waals surface area contributed by atoms with Crippen molar-refractivity contribution in [2.24, 2.45) is 0 Å². The molecule has 0 aliphatic heterocycles. The molecule has 0 saturated heterocycles. The van der Waals surface area contributed by atoms with Crippen LogP contribution in [0.3, 0.4) is 0 Å². The lowest BCUT2D eigenvalue weighted by Gasteiger charge is -2.06. The van der Waals surface area contributed by atoms with Gasteiger partial charge in [0.05, 0.1) is 0 Å². The molecule has 0 atom stereocenters. The number of aromatic amines is 1. The van der Waals surface area contributed by atoms with Gasteiger partial charge in [-0.1, -0.05) is 48.6 Å². The Bertz CT molecular complexity index is 689. The molecule has 0 aliphatic carbocycles. The van der Waals surface area contributed by atoms with E-state index in [0.29, 0.717) is 10.9 Å². The number of H-pyrrole nitrogens is 1. The Hall–Kier alpha value is -2.20. The fraction of sp³-hybridized carbons (Fsp3) is 0. The van der Waals surface area contributed by atoms with E-state index in [1.807, 2.05) is 18.2 Å². The molecule has 2 N–H and O–H groups in total. The van der Waals surface area contributed by atoms with E-state index in [-0.39, 0.29) is 0 Å². The van der Waals surface area contributed by atoms with E-state index in [1.54, 1.807) is 12.4 Å². The average molecular weight is 253 g/mol. The molecule has 0 saturated carbocycles. The number of nitrogens with one attached hydrogen (secondary N) is 2. The van der Waals surface area contributed by atoms with Crippen molar-refractivity contribution in [1.82, 2.24) is 9.97 Å². The third-order valence-electron chi connectivity index (χ3n) is 2.74. The lowest BCUT2D eigenvalue weighted by Crippen LogP contribution is -2.11. The number of anilines is 1. The minimum atomic E-state index is 0.660. The van der Waals surface area contributed by atoms with E-state index in [2.05, 4.69) is 39.6 Å². The molecule has 0 amide bonds. The Kier molecular flexibility index (Phi) is 2.78. The van der Waals surface area contributed by atoms with Crippen molar-refractivity contribution in [3.8, 4) is 0 Å². The summed E-state index contributed by atoms with van der Waals surface area (Å²) in [6.07, 6.45) is 3.44. The van der Waals surface area contributed by atoms with Gasteiger partial charge in [-0.05, 0) is 16.8 Å². The van der Waals surface area contributed by atoms with Crippen molar-refractivity contribution in [2.75, 3.05) is 5.32 Å². The molecule has 3 rings (SSSR count). The summed E-state index contributed by atoms with van der Waals surface area (Å²) in [5, 5.41) is 5.46. The second-order valence-electron chi connectivity index (χ2n) is 3.95. The molecule has 88 valence electrons. The van der Waals surface area contributed by atoms with Crippen LogP contribution in [-0.4, -0.2) is 15.0 Å². The van der Waals surface area contributed by atoms with Gasteiger partial charge in [-0.2, -0.15) is 0 Å². The number of benzene rings is 2. The summed E-state index contributed by atoms with van der Waals surface area (Å²) in [7, 11) is 0. The van der Waals surface area contributed by atoms with Gasteiger partial charge in [-0.15, -0.1) is 0 Å². The molecular weight excluding hydrogens is 242 g/mol. The van der Waals surface area contributed by atoms with Gasteiger partial charge >= 0.3 is 0 Å².